The van der Waals surface area contributed by atoms with E-state index >= 15 is 0 Å². The highest BCUT2D eigenvalue weighted by molar-refractivity contribution is 5.91. The van der Waals surface area contributed by atoms with E-state index in [-0.39, 0.29) is 6.03 Å². The van der Waals surface area contributed by atoms with Crippen molar-refractivity contribution in [2.75, 3.05) is 5.32 Å². The summed E-state index contributed by atoms with van der Waals surface area (Å²) < 4.78 is 3.90. The van der Waals surface area contributed by atoms with Crippen LogP contribution < -0.4 is 10.6 Å². The van der Waals surface area contributed by atoms with Crippen LogP contribution in [0.2, 0.25) is 0 Å². The second kappa shape index (κ2) is 8.07. The Morgan fingerprint density at radius 1 is 1.22 bits per heavy atom. The molecule has 7 nitrogen and oxygen atoms in total. The van der Waals surface area contributed by atoms with E-state index < -0.39 is 0 Å². The number of nitrogens with one attached hydrogen (secondary N) is 2. The third kappa shape index (κ3) is 4.55. The number of benzene rings is 1. The van der Waals surface area contributed by atoms with Gasteiger partial charge in [-0.3, -0.25) is 0 Å². The lowest BCUT2D eigenvalue weighted by atomic mass is 10.2. The first-order valence-electron chi connectivity index (χ1n) is 9.10. The topological polar surface area (TPSA) is 76.8 Å². The predicted octanol–water partition coefficient (Wildman–Crippen LogP) is 3.66. The zero-order valence-corrected chi connectivity index (χ0v) is 16.2. The molecule has 0 spiro atoms. The van der Waals surface area contributed by atoms with Crippen molar-refractivity contribution in [3.8, 4) is 5.69 Å². The summed E-state index contributed by atoms with van der Waals surface area (Å²) in [6.07, 6.45) is 3.58. The molecule has 0 bridgehead atoms. The predicted molar refractivity (Wildman–Crippen MR) is 106 cm³/mol. The normalized spacial score (nSPS) is 11.0. The minimum atomic E-state index is -0.263. The fourth-order valence-electron chi connectivity index (χ4n) is 3.03. The lowest BCUT2D eigenvalue weighted by molar-refractivity contribution is 0.251. The molecule has 0 fully saturated rings. The number of carbonyl (C=O) groups is 1. The molecule has 0 atom stereocenters. The smallest absolute Gasteiger partial charge is 0.319 e. The van der Waals surface area contributed by atoms with Crippen molar-refractivity contribution in [3.05, 3.63) is 59.9 Å². The zero-order chi connectivity index (χ0) is 19.4. The van der Waals surface area contributed by atoms with Crippen molar-refractivity contribution in [2.45, 2.75) is 40.8 Å². The molecule has 0 radical (unpaired) electrons. The lowest BCUT2D eigenvalue weighted by Crippen LogP contribution is -2.29. The minimum absolute atomic E-state index is 0.263. The Labute approximate surface area is 159 Å². The van der Waals surface area contributed by atoms with E-state index in [2.05, 4.69) is 39.1 Å². The number of hydrogen-bond acceptors (Lipinski definition) is 3. The van der Waals surface area contributed by atoms with Gasteiger partial charge in [0.15, 0.2) is 0 Å². The number of urea groups is 1. The van der Waals surface area contributed by atoms with Gasteiger partial charge in [0.1, 0.15) is 0 Å². The minimum Gasteiger partial charge on any atom is -0.333 e. The molecule has 3 aromatic rings. The fourth-order valence-corrected chi connectivity index (χ4v) is 3.03. The lowest BCUT2D eigenvalue weighted by Gasteiger charge is -2.14. The maximum atomic E-state index is 12.4. The summed E-state index contributed by atoms with van der Waals surface area (Å²) in [5.74, 6) is 0.513. The third-order valence-electron chi connectivity index (χ3n) is 4.18. The molecular weight excluding hydrogens is 340 g/mol. The standard InChI is InChI=1S/C20H26N6O/c1-14(2)12-25-13-21-10-17(25)11-22-20(27)23-18-7-5-6-8-19(18)26-16(4)9-15(3)24-26/h5-10,13-14H,11-12H2,1-4H3,(H2,22,23,27). The average Bonchev–Trinajstić information content (AvgIpc) is 3.18. The molecule has 7 heteroatoms. The van der Waals surface area contributed by atoms with E-state index in [1.54, 1.807) is 12.5 Å². The molecule has 0 saturated carbocycles. The highest BCUT2D eigenvalue weighted by Crippen LogP contribution is 2.21. The van der Waals surface area contributed by atoms with E-state index in [0.717, 1.165) is 29.3 Å². The summed E-state index contributed by atoms with van der Waals surface area (Å²) in [4.78, 5) is 16.6. The Bertz CT molecular complexity index is 924. The van der Waals surface area contributed by atoms with Crippen LogP contribution in [0.4, 0.5) is 10.5 Å². The molecule has 0 aliphatic carbocycles. The highest BCUT2D eigenvalue weighted by atomic mass is 16.2. The van der Waals surface area contributed by atoms with Crippen LogP contribution >= 0.6 is 0 Å². The van der Waals surface area contributed by atoms with E-state index in [1.807, 2.05) is 48.9 Å². The molecule has 2 heterocycles. The Hall–Kier alpha value is -3.09. The van der Waals surface area contributed by atoms with Crippen molar-refractivity contribution in [2.24, 2.45) is 5.92 Å². The van der Waals surface area contributed by atoms with Crippen LogP contribution in [0.25, 0.3) is 5.69 Å². The summed E-state index contributed by atoms with van der Waals surface area (Å²) in [7, 11) is 0. The Morgan fingerprint density at radius 3 is 2.70 bits per heavy atom. The van der Waals surface area contributed by atoms with Crippen LogP contribution in [0, 0.1) is 19.8 Å². The number of para-hydroxylation sites is 2. The SMILES string of the molecule is Cc1cc(C)n(-c2ccccc2NC(=O)NCc2cncn2CC(C)C)n1. The van der Waals surface area contributed by atoms with Crippen LogP contribution in [0.5, 0.6) is 0 Å². The van der Waals surface area contributed by atoms with Gasteiger partial charge in [-0.2, -0.15) is 5.10 Å². The van der Waals surface area contributed by atoms with Crippen molar-refractivity contribution >= 4 is 11.7 Å². The van der Waals surface area contributed by atoms with E-state index in [9.17, 15) is 4.79 Å². The number of aromatic nitrogens is 4. The third-order valence-corrected chi connectivity index (χ3v) is 4.18. The first kappa shape index (κ1) is 18.7. The van der Waals surface area contributed by atoms with Crippen molar-refractivity contribution in [1.82, 2.24) is 24.6 Å². The fraction of sp³-hybridized carbons (Fsp3) is 0.350. The molecule has 27 heavy (non-hydrogen) atoms. The molecule has 0 unspecified atom stereocenters. The molecule has 0 aliphatic rings. The van der Waals surface area contributed by atoms with Crippen LogP contribution in [0.15, 0.2) is 42.9 Å². The molecule has 0 aliphatic heterocycles. The first-order chi connectivity index (χ1) is 12.9. The molecule has 142 valence electrons. The van der Waals surface area contributed by atoms with E-state index in [4.69, 9.17) is 0 Å². The summed E-state index contributed by atoms with van der Waals surface area (Å²) >= 11 is 0. The summed E-state index contributed by atoms with van der Waals surface area (Å²) in [6.45, 7) is 9.54. The molecule has 2 N–H and O–H groups in total. The van der Waals surface area contributed by atoms with E-state index in [0.29, 0.717) is 18.2 Å². The van der Waals surface area contributed by atoms with Crippen molar-refractivity contribution in [1.29, 1.82) is 0 Å². The average molecular weight is 366 g/mol. The Balaban J connectivity index is 1.69. The maximum absolute atomic E-state index is 12.4. The number of aryl methyl sites for hydroxylation is 2. The molecule has 0 saturated heterocycles. The summed E-state index contributed by atoms with van der Waals surface area (Å²) in [5.41, 5.74) is 4.47. The van der Waals surface area contributed by atoms with Gasteiger partial charge in [0.2, 0.25) is 0 Å². The monoisotopic (exact) mass is 366 g/mol. The second-order valence-electron chi connectivity index (χ2n) is 7.09. The van der Waals surface area contributed by atoms with Crippen molar-refractivity contribution in [3.63, 3.8) is 0 Å². The Morgan fingerprint density at radius 2 is 2.00 bits per heavy atom. The first-order valence-corrected chi connectivity index (χ1v) is 9.10. The number of rotatable bonds is 6. The van der Waals surface area contributed by atoms with Gasteiger partial charge in [0, 0.05) is 18.4 Å². The van der Waals surface area contributed by atoms with Crippen LogP contribution in [-0.4, -0.2) is 25.4 Å². The summed E-state index contributed by atoms with van der Waals surface area (Å²) in [5, 5.41) is 10.3. The molecule has 2 amide bonds. The van der Waals surface area contributed by atoms with Gasteiger partial charge in [-0.25, -0.2) is 14.5 Å². The summed E-state index contributed by atoms with van der Waals surface area (Å²) in [6, 6.07) is 9.37. The van der Waals surface area contributed by atoms with Crippen LogP contribution in [0.3, 0.4) is 0 Å². The van der Waals surface area contributed by atoms with Crippen LogP contribution in [0.1, 0.15) is 30.9 Å². The van der Waals surface area contributed by atoms with Gasteiger partial charge in [0.05, 0.1) is 35.6 Å². The number of hydrogen-bond donors (Lipinski definition) is 2. The molecule has 3 rings (SSSR count). The van der Waals surface area contributed by atoms with Gasteiger partial charge in [-0.15, -0.1) is 0 Å². The second-order valence-corrected chi connectivity index (χ2v) is 7.09. The van der Waals surface area contributed by atoms with Gasteiger partial charge < -0.3 is 15.2 Å². The largest absolute Gasteiger partial charge is 0.333 e. The van der Waals surface area contributed by atoms with E-state index in [1.165, 1.54) is 0 Å². The number of imidazole rings is 1. The maximum Gasteiger partial charge on any atom is 0.319 e. The molecular formula is C20H26N6O. The quantitative estimate of drug-likeness (QED) is 0.699. The van der Waals surface area contributed by atoms with Gasteiger partial charge in [-0.1, -0.05) is 26.0 Å². The van der Waals surface area contributed by atoms with Crippen molar-refractivity contribution < 1.29 is 4.79 Å². The number of anilines is 1. The molecule has 1 aromatic carbocycles. The number of amides is 2. The van der Waals surface area contributed by atoms with Gasteiger partial charge in [0.25, 0.3) is 0 Å². The van der Waals surface area contributed by atoms with Gasteiger partial charge in [-0.05, 0) is 38.0 Å². The number of nitrogens with zero attached hydrogens (tertiary/aromatic N) is 4. The highest BCUT2D eigenvalue weighted by Gasteiger charge is 2.12. The molecule has 2 aromatic heterocycles. The number of carbonyl (C=O) groups excluding carboxylic acids is 1. The van der Waals surface area contributed by atoms with Crippen LogP contribution in [-0.2, 0) is 13.1 Å². The van der Waals surface area contributed by atoms with Gasteiger partial charge >= 0.3 is 6.03 Å². The zero-order valence-electron chi connectivity index (χ0n) is 16.2. The Kier molecular flexibility index (Phi) is 5.59.